The fourth-order valence-electron chi connectivity index (χ4n) is 16.2. The number of nitriles is 1. The lowest BCUT2D eigenvalue weighted by Crippen LogP contribution is -2.04. The van der Waals surface area contributed by atoms with Gasteiger partial charge in [-0.2, -0.15) is 5.26 Å². The molecule has 99 heavy (non-hydrogen) atoms. The van der Waals surface area contributed by atoms with Crippen LogP contribution in [0.25, 0.3) is 166 Å². The highest BCUT2D eigenvalue weighted by atomic mass is 15.0. The molecule has 6 heteroatoms. The second-order valence-electron chi connectivity index (χ2n) is 27.7. The third-order valence-corrected chi connectivity index (χ3v) is 20.7. The van der Waals surface area contributed by atoms with E-state index in [0.29, 0.717) is 5.56 Å². The Kier molecular flexibility index (Phi) is 13.6. The molecule has 472 valence electrons. The molecule has 0 radical (unpaired) electrons. The third-order valence-electron chi connectivity index (χ3n) is 20.7. The third kappa shape index (κ3) is 9.48. The number of hydrogen-bond donors (Lipinski definition) is 0. The SMILES string of the molecule is Cc1ccc2c(c1)c1cc(C)ccc1n2-c1ccc(-c2c(C#N)c(-c3cccc(C)n3)c(-c3ccc(-n4c5ccc(C)cc5c5cc(C)ccc54)cc3)c(-c3ccc(-n4c5ccc(C)cc5c5cc(C)ccc54)cc3)c2-c2ccc(-n3c4ccc(C)cc4c4cc(C)ccc43)cc2)cc1. The van der Waals surface area contributed by atoms with Gasteiger partial charge in [-0.15, -0.1) is 0 Å². The molecule has 0 unspecified atom stereocenters. The van der Waals surface area contributed by atoms with Gasteiger partial charge >= 0.3 is 0 Å². The molecule has 0 fully saturated rings. The Hall–Kier alpha value is -12.3. The van der Waals surface area contributed by atoms with E-state index in [-0.39, 0.29) is 0 Å². The Morgan fingerprint density at radius 3 is 0.697 bits per heavy atom. The van der Waals surface area contributed by atoms with Crippen LogP contribution in [-0.4, -0.2) is 23.3 Å². The summed E-state index contributed by atoms with van der Waals surface area (Å²) in [5, 5.41) is 22.4. The average molecular weight is 1270 g/mol. The van der Waals surface area contributed by atoms with E-state index in [1.807, 2.05) is 13.0 Å². The zero-order valence-electron chi connectivity index (χ0n) is 57.0. The standard InChI is InChI=1S/C93H70N6/c1-54-13-37-81-71(45-54)72-46-55(2)14-38-82(72)96(81)67-29-21-63(22-30-67)89-79(53-94)93(80-12-10-11-62(9)95-80)92(66-27-35-70(36-28-66)99-87-43-19-60(7)51-77(87)78-52-61(8)20-44-88(78)99)91(65-25-33-69(34-26-65)98-85-41-17-58(5)49-75(85)76-50-59(6)18-42-86(76)98)90(89)64-23-31-68(32-24-64)97-83-39-15-56(3)47-73(83)74-48-57(4)16-40-84(74)97/h10-52H,1-9H3. The van der Waals surface area contributed by atoms with Crippen molar-refractivity contribution in [1.82, 2.24) is 23.3 Å². The summed E-state index contributed by atoms with van der Waals surface area (Å²) in [6, 6.07) is 99.8. The van der Waals surface area contributed by atoms with Gasteiger partial charge in [0.15, 0.2) is 0 Å². The van der Waals surface area contributed by atoms with Crippen molar-refractivity contribution in [3.63, 3.8) is 0 Å². The van der Waals surface area contributed by atoms with Gasteiger partial charge in [-0.25, -0.2) is 0 Å². The van der Waals surface area contributed by atoms with Gasteiger partial charge in [0.05, 0.1) is 55.4 Å². The van der Waals surface area contributed by atoms with Gasteiger partial charge in [0.1, 0.15) is 6.07 Å². The van der Waals surface area contributed by atoms with Gasteiger partial charge < -0.3 is 18.3 Å². The van der Waals surface area contributed by atoms with Crippen LogP contribution in [0.2, 0.25) is 0 Å². The molecule has 0 spiro atoms. The van der Waals surface area contributed by atoms with Gasteiger partial charge in [0.2, 0.25) is 0 Å². The van der Waals surface area contributed by atoms with Gasteiger partial charge in [-0.1, -0.05) is 148 Å². The first kappa shape index (κ1) is 59.2. The number of hydrogen-bond acceptors (Lipinski definition) is 2. The van der Waals surface area contributed by atoms with Crippen LogP contribution in [0.5, 0.6) is 0 Å². The highest BCUT2D eigenvalue weighted by Gasteiger charge is 2.31. The Morgan fingerprint density at radius 1 is 0.242 bits per heavy atom. The summed E-state index contributed by atoms with van der Waals surface area (Å²) in [7, 11) is 0. The maximum atomic E-state index is 12.6. The summed E-state index contributed by atoms with van der Waals surface area (Å²) in [5.41, 5.74) is 33.6. The molecule has 13 aromatic carbocycles. The van der Waals surface area contributed by atoms with Crippen LogP contribution < -0.4 is 0 Å². The minimum atomic E-state index is 0.541. The van der Waals surface area contributed by atoms with Crippen molar-refractivity contribution in [3.05, 3.63) is 317 Å². The van der Waals surface area contributed by atoms with Crippen LogP contribution in [0.1, 0.15) is 55.8 Å². The fraction of sp³-hybridized carbons (Fsp3) is 0.0968. The molecule has 0 N–H and O–H groups in total. The second-order valence-corrected chi connectivity index (χ2v) is 27.7. The van der Waals surface area contributed by atoms with Crippen molar-refractivity contribution in [2.45, 2.75) is 62.3 Å². The summed E-state index contributed by atoms with van der Waals surface area (Å²) in [4.78, 5) is 5.42. The average Bonchev–Trinajstić information content (AvgIpc) is 1.60. The van der Waals surface area contributed by atoms with Crippen LogP contribution in [0.4, 0.5) is 0 Å². The Bertz CT molecular complexity index is 6240. The molecule has 5 aromatic heterocycles. The lowest BCUT2D eigenvalue weighted by molar-refractivity contribution is 1.18. The molecule has 0 aliphatic heterocycles. The van der Waals surface area contributed by atoms with E-state index in [2.05, 4.69) is 335 Å². The number of rotatable bonds is 9. The summed E-state index contributed by atoms with van der Waals surface area (Å²) in [6.07, 6.45) is 0. The first-order valence-corrected chi connectivity index (χ1v) is 34.3. The maximum Gasteiger partial charge on any atom is 0.101 e. The Balaban J connectivity index is 0.944. The number of aromatic nitrogens is 5. The van der Waals surface area contributed by atoms with Crippen LogP contribution in [0.15, 0.2) is 261 Å². The molecular weight excluding hydrogens is 1200 g/mol. The normalized spacial score (nSPS) is 11.9. The smallest absolute Gasteiger partial charge is 0.101 e. The quantitative estimate of drug-likeness (QED) is 0.145. The minimum absolute atomic E-state index is 0.541. The molecular formula is C93H70N6. The lowest BCUT2D eigenvalue weighted by atomic mass is 9.76. The van der Waals surface area contributed by atoms with Crippen molar-refractivity contribution < 1.29 is 0 Å². The van der Waals surface area contributed by atoms with E-state index >= 15 is 0 Å². The first-order chi connectivity index (χ1) is 48.2. The zero-order chi connectivity index (χ0) is 67.2. The molecule has 5 heterocycles. The van der Waals surface area contributed by atoms with Crippen molar-refractivity contribution in [2.75, 3.05) is 0 Å². The van der Waals surface area contributed by atoms with Crippen LogP contribution >= 0.6 is 0 Å². The van der Waals surface area contributed by atoms with Crippen molar-refractivity contribution >= 4 is 87.2 Å². The van der Waals surface area contributed by atoms with Crippen molar-refractivity contribution in [2.24, 2.45) is 0 Å². The molecule has 0 saturated heterocycles. The number of nitrogens with zero attached hydrogens (tertiary/aromatic N) is 6. The molecule has 18 rings (SSSR count). The molecule has 0 aliphatic rings. The number of pyridine rings is 1. The predicted molar refractivity (Wildman–Crippen MR) is 416 cm³/mol. The molecule has 0 amide bonds. The van der Waals surface area contributed by atoms with Gasteiger partial charge in [0, 0.05) is 88.2 Å². The Morgan fingerprint density at radius 2 is 0.465 bits per heavy atom. The van der Waals surface area contributed by atoms with Gasteiger partial charge in [0.25, 0.3) is 0 Å². The number of fused-ring (bicyclic) bond motifs is 12. The monoisotopic (exact) mass is 1270 g/mol. The fourth-order valence-corrected chi connectivity index (χ4v) is 16.2. The maximum absolute atomic E-state index is 12.6. The van der Waals surface area contributed by atoms with Crippen LogP contribution in [-0.2, 0) is 0 Å². The zero-order valence-corrected chi connectivity index (χ0v) is 57.0. The van der Waals surface area contributed by atoms with Crippen LogP contribution in [0, 0.1) is 73.6 Å². The van der Waals surface area contributed by atoms with Gasteiger partial charge in [-0.3, -0.25) is 4.98 Å². The summed E-state index contributed by atoms with van der Waals surface area (Å²) in [5.74, 6) is 0. The molecule has 0 saturated carbocycles. The highest BCUT2D eigenvalue weighted by Crippen LogP contribution is 2.54. The van der Waals surface area contributed by atoms with Crippen LogP contribution in [0.3, 0.4) is 0 Å². The largest absolute Gasteiger partial charge is 0.309 e. The molecule has 0 bridgehead atoms. The lowest BCUT2D eigenvalue weighted by Gasteiger charge is -2.26. The summed E-state index contributed by atoms with van der Waals surface area (Å²) in [6.45, 7) is 19.4. The summed E-state index contributed by atoms with van der Waals surface area (Å²) < 4.78 is 9.60. The summed E-state index contributed by atoms with van der Waals surface area (Å²) >= 11 is 0. The molecule has 18 aromatic rings. The van der Waals surface area contributed by atoms with Gasteiger partial charge in [-0.05, 0) is 253 Å². The molecule has 0 aliphatic carbocycles. The first-order valence-electron chi connectivity index (χ1n) is 34.3. The van der Waals surface area contributed by atoms with E-state index in [4.69, 9.17) is 4.98 Å². The number of aryl methyl sites for hydroxylation is 9. The minimum Gasteiger partial charge on any atom is -0.309 e. The van der Waals surface area contributed by atoms with Crippen molar-refractivity contribution in [1.29, 1.82) is 5.26 Å². The Labute approximate surface area is 575 Å². The highest BCUT2D eigenvalue weighted by molar-refractivity contribution is 6.15. The predicted octanol–water partition coefficient (Wildman–Crippen LogP) is 24.5. The van der Waals surface area contributed by atoms with E-state index in [1.54, 1.807) is 0 Å². The second kappa shape index (κ2) is 22.7. The van der Waals surface area contributed by atoms with Crippen molar-refractivity contribution in [3.8, 4) is 84.6 Å². The van der Waals surface area contributed by atoms with E-state index < -0.39 is 0 Å². The number of benzene rings is 13. The molecule has 0 atom stereocenters. The van der Waals surface area contributed by atoms with E-state index in [0.717, 1.165) is 128 Å². The molecule has 6 nitrogen and oxygen atoms in total. The van der Waals surface area contributed by atoms with E-state index in [9.17, 15) is 5.26 Å². The van der Waals surface area contributed by atoms with E-state index in [1.165, 1.54) is 87.6 Å². The topological polar surface area (TPSA) is 56.4 Å².